The molecule has 0 aromatic heterocycles. The van der Waals surface area contributed by atoms with Crippen molar-refractivity contribution in [2.45, 2.75) is 26.2 Å². The predicted molar refractivity (Wildman–Crippen MR) is 67.5 cm³/mol. The van der Waals surface area contributed by atoms with E-state index in [1.54, 1.807) is 7.11 Å². The van der Waals surface area contributed by atoms with E-state index >= 15 is 0 Å². The van der Waals surface area contributed by atoms with Gasteiger partial charge in [0.25, 0.3) is 0 Å². The highest BCUT2D eigenvalue weighted by Gasteiger charge is 2.11. The first-order chi connectivity index (χ1) is 7.10. The molecular weight excluding hydrogens is 254 g/mol. The molecule has 0 saturated heterocycles. The third-order valence-electron chi connectivity index (χ3n) is 2.67. The summed E-state index contributed by atoms with van der Waals surface area (Å²) in [4.78, 5) is 0. The molecule has 0 saturated carbocycles. The van der Waals surface area contributed by atoms with Crippen molar-refractivity contribution in [3.8, 4) is 5.75 Å². The molecule has 0 fully saturated rings. The van der Waals surface area contributed by atoms with E-state index in [-0.39, 0.29) is 0 Å². The van der Waals surface area contributed by atoms with E-state index < -0.39 is 0 Å². The lowest BCUT2D eigenvalue weighted by atomic mass is 9.94. The van der Waals surface area contributed by atoms with E-state index in [2.05, 4.69) is 41.9 Å². The van der Waals surface area contributed by atoms with Gasteiger partial charge in [-0.05, 0) is 65.0 Å². The van der Waals surface area contributed by atoms with Crippen LogP contribution in [0, 0.1) is 6.92 Å². The molecule has 0 bridgehead atoms. The quantitative estimate of drug-likeness (QED) is 0.913. The van der Waals surface area contributed by atoms with Gasteiger partial charge in [-0.2, -0.15) is 0 Å². The fraction of sp³-hybridized carbons (Fsp3) is 0.500. The van der Waals surface area contributed by atoms with E-state index in [1.165, 1.54) is 11.1 Å². The lowest BCUT2D eigenvalue weighted by molar-refractivity contribution is 0.411. The summed E-state index contributed by atoms with van der Waals surface area (Å²) in [6.45, 7) is 5.04. The van der Waals surface area contributed by atoms with E-state index in [4.69, 9.17) is 10.5 Å². The lowest BCUT2D eigenvalue weighted by Crippen LogP contribution is -2.06. The van der Waals surface area contributed by atoms with Crippen LogP contribution in [0.25, 0.3) is 0 Å². The third kappa shape index (κ3) is 2.95. The Bertz CT molecular complexity index is 339. The summed E-state index contributed by atoms with van der Waals surface area (Å²) in [6.07, 6.45) is 1.01. The van der Waals surface area contributed by atoms with Crippen molar-refractivity contribution < 1.29 is 4.74 Å². The van der Waals surface area contributed by atoms with Gasteiger partial charge in [0.05, 0.1) is 11.6 Å². The number of rotatable bonds is 4. The second kappa shape index (κ2) is 5.52. The monoisotopic (exact) mass is 271 g/mol. The molecule has 15 heavy (non-hydrogen) atoms. The molecule has 0 radical (unpaired) electrons. The van der Waals surface area contributed by atoms with Gasteiger partial charge in [-0.1, -0.05) is 6.92 Å². The highest BCUT2D eigenvalue weighted by Crippen LogP contribution is 2.32. The summed E-state index contributed by atoms with van der Waals surface area (Å²) in [5.74, 6) is 1.38. The molecule has 0 aliphatic rings. The summed E-state index contributed by atoms with van der Waals surface area (Å²) in [5.41, 5.74) is 8.18. The van der Waals surface area contributed by atoms with Crippen molar-refractivity contribution in [1.29, 1.82) is 0 Å². The average Bonchev–Trinajstić information content (AvgIpc) is 2.21. The molecule has 0 spiro atoms. The molecule has 3 heteroatoms. The first kappa shape index (κ1) is 12.5. The predicted octanol–water partition coefficient (Wildman–Crippen LogP) is 3.22. The number of hydrogen-bond acceptors (Lipinski definition) is 2. The molecular formula is C12H18BrNO. The molecule has 84 valence electrons. The number of halogens is 1. The van der Waals surface area contributed by atoms with Crippen molar-refractivity contribution in [2.24, 2.45) is 5.73 Å². The highest BCUT2D eigenvalue weighted by atomic mass is 79.9. The Morgan fingerprint density at radius 1 is 1.47 bits per heavy atom. The second-order valence-electron chi connectivity index (χ2n) is 3.82. The molecule has 0 aliphatic heterocycles. The molecule has 1 unspecified atom stereocenters. The number of hydrogen-bond donors (Lipinski definition) is 1. The molecule has 0 heterocycles. The molecule has 1 rings (SSSR count). The van der Waals surface area contributed by atoms with Crippen LogP contribution in [-0.4, -0.2) is 13.7 Å². The standard InChI is InChI=1S/C12H18BrNO/c1-8(4-5-14)10-7-11(13)12(15-3)6-9(10)2/h6-8H,4-5,14H2,1-3H3. The Morgan fingerprint density at radius 3 is 2.67 bits per heavy atom. The van der Waals surface area contributed by atoms with E-state index in [1.807, 2.05) is 0 Å². The molecule has 1 aromatic rings. The maximum absolute atomic E-state index is 5.57. The Labute approximate surface area is 99.9 Å². The number of nitrogens with two attached hydrogens (primary N) is 1. The van der Waals surface area contributed by atoms with Gasteiger partial charge >= 0.3 is 0 Å². The Kier molecular flexibility index (Phi) is 4.61. The van der Waals surface area contributed by atoms with Gasteiger partial charge in [-0.3, -0.25) is 0 Å². The summed E-state index contributed by atoms with van der Waals surface area (Å²) in [5, 5.41) is 0. The zero-order valence-corrected chi connectivity index (χ0v) is 11.1. The number of ether oxygens (including phenoxy) is 1. The Hall–Kier alpha value is -0.540. The average molecular weight is 272 g/mol. The normalized spacial score (nSPS) is 12.6. The molecule has 1 atom stereocenters. The minimum absolute atomic E-state index is 0.497. The zero-order chi connectivity index (χ0) is 11.4. The fourth-order valence-corrected chi connectivity index (χ4v) is 2.29. The summed E-state index contributed by atoms with van der Waals surface area (Å²) < 4.78 is 6.26. The maximum atomic E-state index is 5.57. The topological polar surface area (TPSA) is 35.2 Å². The van der Waals surface area contributed by atoms with Crippen LogP contribution in [-0.2, 0) is 0 Å². The molecule has 1 aromatic carbocycles. The first-order valence-electron chi connectivity index (χ1n) is 5.14. The van der Waals surface area contributed by atoms with Crippen LogP contribution in [0.2, 0.25) is 0 Å². The van der Waals surface area contributed by atoms with Gasteiger partial charge in [0.2, 0.25) is 0 Å². The van der Waals surface area contributed by atoms with Crippen molar-refractivity contribution in [3.05, 3.63) is 27.7 Å². The fourth-order valence-electron chi connectivity index (χ4n) is 1.76. The van der Waals surface area contributed by atoms with Crippen LogP contribution >= 0.6 is 15.9 Å². The van der Waals surface area contributed by atoms with E-state index in [0.29, 0.717) is 5.92 Å². The maximum Gasteiger partial charge on any atom is 0.133 e. The summed E-state index contributed by atoms with van der Waals surface area (Å²) >= 11 is 3.50. The van der Waals surface area contributed by atoms with Crippen LogP contribution in [0.1, 0.15) is 30.4 Å². The van der Waals surface area contributed by atoms with Gasteiger partial charge < -0.3 is 10.5 Å². The highest BCUT2D eigenvalue weighted by molar-refractivity contribution is 9.10. The molecule has 0 aliphatic carbocycles. The summed E-state index contributed by atoms with van der Waals surface area (Å²) in [7, 11) is 1.68. The van der Waals surface area contributed by atoms with Crippen LogP contribution < -0.4 is 10.5 Å². The van der Waals surface area contributed by atoms with Gasteiger partial charge in [0.1, 0.15) is 5.75 Å². The molecule has 0 amide bonds. The van der Waals surface area contributed by atoms with Gasteiger partial charge in [-0.15, -0.1) is 0 Å². The van der Waals surface area contributed by atoms with Crippen molar-refractivity contribution in [1.82, 2.24) is 0 Å². The van der Waals surface area contributed by atoms with Crippen molar-refractivity contribution in [3.63, 3.8) is 0 Å². The SMILES string of the molecule is COc1cc(C)c(C(C)CCN)cc1Br. The van der Waals surface area contributed by atoms with Gasteiger partial charge in [0, 0.05) is 0 Å². The van der Waals surface area contributed by atoms with Crippen LogP contribution in [0.4, 0.5) is 0 Å². The van der Waals surface area contributed by atoms with E-state index in [9.17, 15) is 0 Å². The number of benzene rings is 1. The number of methoxy groups -OCH3 is 1. The van der Waals surface area contributed by atoms with Crippen LogP contribution in [0.15, 0.2) is 16.6 Å². The number of aryl methyl sites for hydroxylation is 1. The molecule has 2 nitrogen and oxygen atoms in total. The van der Waals surface area contributed by atoms with Crippen LogP contribution in [0.3, 0.4) is 0 Å². The van der Waals surface area contributed by atoms with E-state index in [0.717, 1.165) is 23.2 Å². The van der Waals surface area contributed by atoms with Gasteiger partial charge in [-0.25, -0.2) is 0 Å². The van der Waals surface area contributed by atoms with Crippen LogP contribution in [0.5, 0.6) is 5.75 Å². The smallest absolute Gasteiger partial charge is 0.133 e. The first-order valence-corrected chi connectivity index (χ1v) is 5.93. The lowest BCUT2D eigenvalue weighted by Gasteiger charge is -2.16. The minimum atomic E-state index is 0.497. The summed E-state index contributed by atoms with van der Waals surface area (Å²) in [6, 6.07) is 4.20. The largest absolute Gasteiger partial charge is 0.496 e. The minimum Gasteiger partial charge on any atom is -0.496 e. The third-order valence-corrected chi connectivity index (χ3v) is 3.29. The van der Waals surface area contributed by atoms with Crippen molar-refractivity contribution in [2.75, 3.05) is 13.7 Å². The molecule has 2 N–H and O–H groups in total. The van der Waals surface area contributed by atoms with Gasteiger partial charge in [0.15, 0.2) is 0 Å². The Balaban J connectivity index is 3.04. The zero-order valence-electron chi connectivity index (χ0n) is 9.51. The Morgan fingerprint density at radius 2 is 2.13 bits per heavy atom. The second-order valence-corrected chi connectivity index (χ2v) is 4.68. The van der Waals surface area contributed by atoms with Crippen molar-refractivity contribution >= 4 is 15.9 Å².